The fraction of sp³-hybridized carbons (Fsp3) is 0.647. The van der Waals surface area contributed by atoms with Crippen LogP contribution in [-0.4, -0.2) is 32.3 Å². The van der Waals surface area contributed by atoms with Crippen LogP contribution >= 0.6 is 0 Å². The highest BCUT2D eigenvalue weighted by atomic mass is 16.5. The van der Waals surface area contributed by atoms with Gasteiger partial charge in [-0.05, 0) is 50.4 Å². The van der Waals surface area contributed by atoms with Gasteiger partial charge in [-0.15, -0.1) is 0 Å². The van der Waals surface area contributed by atoms with Gasteiger partial charge in [-0.1, -0.05) is 19.1 Å². The third-order valence-corrected chi connectivity index (χ3v) is 4.21. The molecule has 1 aromatic rings. The van der Waals surface area contributed by atoms with E-state index in [1.54, 1.807) is 0 Å². The van der Waals surface area contributed by atoms with Crippen molar-refractivity contribution in [3.63, 3.8) is 0 Å². The van der Waals surface area contributed by atoms with Gasteiger partial charge < -0.3 is 15.0 Å². The number of hydrogen-bond acceptors (Lipinski definition) is 3. The van der Waals surface area contributed by atoms with Crippen molar-refractivity contribution >= 4 is 5.69 Å². The molecule has 1 saturated heterocycles. The molecule has 0 saturated carbocycles. The molecule has 1 aliphatic heterocycles. The van der Waals surface area contributed by atoms with Gasteiger partial charge in [0.1, 0.15) is 0 Å². The molecule has 0 bridgehead atoms. The molecule has 3 heteroatoms. The Balaban J connectivity index is 1.95. The summed E-state index contributed by atoms with van der Waals surface area (Å²) < 4.78 is 5.67. The maximum absolute atomic E-state index is 5.67. The molecular weight excluding hydrogens is 248 g/mol. The maximum Gasteiger partial charge on any atom is 0.0825 e. The molecule has 1 aliphatic rings. The number of nitrogens with one attached hydrogen (secondary N) is 1. The van der Waals surface area contributed by atoms with E-state index in [-0.39, 0.29) is 5.60 Å². The largest absolute Gasteiger partial charge is 0.377 e. The number of rotatable bonds is 6. The van der Waals surface area contributed by atoms with Gasteiger partial charge in [0, 0.05) is 32.4 Å². The van der Waals surface area contributed by atoms with Crippen molar-refractivity contribution in [2.75, 3.05) is 31.6 Å². The van der Waals surface area contributed by atoms with Gasteiger partial charge in [0.05, 0.1) is 5.60 Å². The van der Waals surface area contributed by atoms with E-state index in [1.165, 1.54) is 24.1 Å². The fourth-order valence-corrected chi connectivity index (χ4v) is 2.83. The van der Waals surface area contributed by atoms with Crippen LogP contribution in [0.25, 0.3) is 0 Å². The Kier molecular flexibility index (Phi) is 5.44. The minimum atomic E-state index is -0.000394. The Morgan fingerprint density at radius 3 is 2.70 bits per heavy atom. The number of ether oxygens (including phenoxy) is 1. The summed E-state index contributed by atoms with van der Waals surface area (Å²) in [5.74, 6) is 0. The summed E-state index contributed by atoms with van der Waals surface area (Å²) in [5, 5.41) is 3.44. The highest BCUT2D eigenvalue weighted by molar-refractivity contribution is 5.48. The van der Waals surface area contributed by atoms with E-state index in [9.17, 15) is 0 Å². The molecule has 1 heterocycles. The summed E-state index contributed by atoms with van der Waals surface area (Å²) in [5.41, 5.74) is 2.67. The smallest absolute Gasteiger partial charge is 0.0825 e. The first-order valence-corrected chi connectivity index (χ1v) is 7.76. The number of nitrogens with zero attached hydrogens (tertiary/aromatic N) is 1. The van der Waals surface area contributed by atoms with E-state index in [0.717, 1.165) is 32.6 Å². The molecule has 1 unspecified atom stereocenters. The second kappa shape index (κ2) is 7.09. The Morgan fingerprint density at radius 1 is 1.30 bits per heavy atom. The normalized spacial score (nSPS) is 23.1. The van der Waals surface area contributed by atoms with E-state index >= 15 is 0 Å². The summed E-state index contributed by atoms with van der Waals surface area (Å²) in [6.45, 7) is 8.56. The number of benzene rings is 1. The number of anilines is 1. The van der Waals surface area contributed by atoms with Gasteiger partial charge in [-0.3, -0.25) is 0 Å². The lowest BCUT2D eigenvalue weighted by Crippen LogP contribution is -2.47. The molecule has 1 N–H and O–H groups in total. The van der Waals surface area contributed by atoms with Gasteiger partial charge in [0.2, 0.25) is 0 Å². The van der Waals surface area contributed by atoms with E-state index < -0.39 is 0 Å². The van der Waals surface area contributed by atoms with Crippen LogP contribution in [0, 0.1) is 0 Å². The first-order valence-electron chi connectivity index (χ1n) is 7.76. The second-order valence-electron chi connectivity index (χ2n) is 6.02. The van der Waals surface area contributed by atoms with E-state index in [1.807, 2.05) is 7.11 Å². The molecule has 3 nitrogen and oxygen atoms in total. The van der Waals surface area contributed by atoms with Crippen molar-refractivity contribution in [3.8, 4) is 0 Å². The molecular formula is C17H28N2O. The Morgan fingerprint density at radius 2 is 2.05 bits per heavy atom. The van der Waals surface area contributed by atoms with Gasteiger partial charge in [-0.25, -0.2) is 0 Å². The fourth-order valence-electron chi connectivity index (χ4n) is 2.83. The van der Waals surface area contributed by atoms with Crippen LogP contribution in [0.2, 0.25) is 0 Å². The SMILES string of the molecule is CCCNCc1ccc(N2CCCC(C)(OC)C2)cc1. The molecule has 112 valence electrons. The van der Waals surface area contributed by atoms with Crippen LogP contribution in [0.4, 0.5) is 5.69 Å². The van der Waals surface area contributed by atoms with Crippen molar-refractivity contribution in [1.29, 1.82) is 0 Å². The lowest BCUT2D eigenvalue weighted by molar-refractivity contribution is -0.00465. The van der Waals surface area contributed by atoms with E-state index in [2.05, 4.69) is 48.3 Å². The van der Waals surface area contributed by atoms with Crippen molar-refractivity contribution in [2.45, 2.75) is 45.3 Å². The lowest BCUT2D eigenvalue weighted by atomic mass is 9.94. The van der Waals surface area contributed by atoms with Crippen LogP contribution in [0.3, 0.4) is 0 Å². The van der Waals surface area contributed by atoms with Crippen LogP contribution in [-0.2, 0) is 11.3 Å². The van der Waals surface area contributed by atoms with Crippen LogP contribution in [0.1, 0.15) is 38.7 Å². The first-order chi connectivity index (χ1) is 9.67. The van der Waals surface area contributed by atoms with Gasteiger partial charge in [0.25, 0.3) is 0 Å². The molecule has 0 amide bonds. The predicted octanol–water partition coefficient (Wildman–Crippen LogP) is 3.19. The molecule has 0 radical (unpaired) electrons. The summed E-state index contributed by atoms with van der Waals surface area (Å²) in [6.07, 6.45) is 3.53. The highest BCUT2D eigenvalue weighted by Crippen LogP contribution is 2.28. The Bertz CT molecular complexity index is 404. The van der Waals surface area contributed by atoms with Crippen LogP contribution in [0.5, 0.6) is 0 Å². The van der Waals surface area contributed by atoms with Crippen LogP contribution in [0.15, 0.2) is 24.3 Å². The molecule has 0 aliphatic carbocycles. The molecule has 20 heavy (non-hydrogen) atoms. The third-order valence-electron chi connectivity index (χ3n) is 4.21. The van der Waals surface area contributed by atoms with Gasteiger partial charge in [0.15, 0.2) is 0 Å². The summed E-state index contributed by atoms with van der Waals surface area (Å²) in [6, 6.07) is 8.95. The number of piperidine rings is 1. The zero-order valence-corrected chi connectivity index (χ0v) is 13.1. The van der Waals surface area contributed by atoms with Crippen molar-refractivity contribution in [3.05, 3.63) is 29.8 Å². The average Bonchev–Trinajstić information content (AvgIpc) is 2.48. The average molecular weight is 276 g/mol. The van der Waals surface area contributed by atoms with Gasteiger partial charge in [-0.2, -0.15) is 0 Å². The maximum atomic E-state index is 5.67. The minimum Gasteiger partial charge on any atom is -0.377 e. The molecule has 1 atom stereocenters. The van der Waals surface area contributed by atoms with E-state index in [4.69, 9.17) is 4.74 Å². The summed E-state index contributed by atoms with van der Waals surface area (Å²) >= 11 is 0. The van der Waals surface area contributed by atoms with Crippen molar-refractivity contribution in [1.82, 2.24) is 5.32 Å². The zero-order chi connectivity index (χ0) is 14.4. The lowest BCUT2D eigenvalue weighted by Gasteiger charge is -2.40. The van der Waals surface area contributed by atoms with Gasteiger partial charge >= 0.3 is 0 Å². The Hall–Kier alpha value is -1.06. The number of methoxy groups -OCH3 is 1. The first kappa shape index (κ1) is 15.3. The standard InChI is InChI=1S/C17H28N2O/c1-4-11-18-13-15-6-8-16(9-7-15)19-12-5-10-17(2,14-19)20-3/h6-9,18H,4-5,10-14H2,1-3H3. The van der Waals surface area contributed by atoms with Crippen molar-refractivity contribution in [2.24, 2.45) is 0 Å². The predicted molar refractivity (Wildman–Crippen MR) is 85.3 cm³/mol. The molecule has 2 rings (SSSR count). The quantitative estimate of drug-likeness (QED) is 0.808. The number of hydrogen-bond donors (Lipinski definition) is 1. The topological polar surface area (TPSA) is 24.5 Å². The Labute approximate surface area is 123 Å². The minimum absolute atomic E-state index is 0.000394. The molecule has 1 aromatic carbocycles. The summed E-state index contributed by atoms with van der Waals surface area (Å²) in [4.78, 5) is 2.44. The monoisotopic (exact) mass is 276 g/mol. The molecule has 0 spiro atoms. The zero-order valence-electron chi connectivity index (χ0n) is 13.1. The van der Waals surface area contributed by atoms with Crippen molar-refractivity contribution < 1.29 is 4.74 Å². The molecule has 1 fully saturated rings. The summed E-state index contributed by atoms with van der Waals surface area (Å²) in [7, 11) is 1.83. The third kappa shape index (κ3) is 3.97. The molecule has 0 aromatic heterocycles. The van der Waals surface area contributed by atoms with Crippen LogP contribution < -0.4 is 10.2 Å². The van der Waals surface area contributed by atoms with E-state index in [0.29, 0.717) is 0 Å². The second-order valence-corrected chi connectivity index (χ2v) is 6.02. The highest BCUT2D eigenvalue weighted by Gasteiger charge is 2.30.